The molecule has 35 heavy (non-hydrogen) atoms. The van der Waals surface area contributed by atoms with Crippen LogP contribution in [0.1, 0.15) is 46.9 Å². The maximum absolute atomic E-state index is 12.9. The number of hydrogen-bond donors (Lipinski definition) is 2. The molecule has 1 aromatic heterocycles. The molecule has 3 amide bonds. The lowest BCUT2D eigenvalue weighted by molar-refractivity contribution is 0.0973. The van der Waals surface area contributed by atoms with Crippen LogP contribution in [0, 0.1) is 19.8 Å². The van der Waals surface area contributed by atoms with Crippen LogP contribution in [0.3, 0.4) is 0 Å². The number of halogens is 1. The number of ether oxygens (including phenoxy) is 1. The van der Waals surface area contributed by atoms with Crippen LogP contribution < -0.4 is 15.4 Å². The van der Waals surface area contributed by atoms with Crippen molar-refractivity contribution in [1.29, 1.82) is 0 Å². The highest BCUT2D eigenvalue weighted by Crippen LogP contribution is 2.29. The van der Waals surface area contributed by atoms with Gasteiger partial charge in [0.1, 0.15) is 5.75 Å². The SMILES string of the molecule is COc1cc(C(=O)Nc2cc(Cl)cc(CN3CCN(C(=O)NCC4CC4)[C@@H](C)C3)c2C)cnc1C. The summed E-state index contributed by atoms with van der Waals surface area (Å²) in [7, 11) is 1.56. The minimum atomic E-state index is -0.272. The van der Waals surface area contributed by atoms with Crippen molar-refractivity contribution in [3.8, 4) is 5.75 Å². The van der Waals surface area contributed by atoms with Gasteiger partial charge in [-0.3, -0.25) is 14.7 Å². The average Bonchev–Trinajstić information content (AvgIpc) is 3.65. The fourth-order valence-electron chi connectivity index (χ4n) is 4.44. The summed E-state index contributed by atoms with van der Waals surface area (Å²) < 4.78 is 5.29. The molecule has 2 aromatic rings. The Hall–Kier alpha value is -2.84. The number of anilines is 1. The number of aryl methyl sites for hydroxylation is 1. The van der Waals surface area contributed by atoms with Gasteiger partial charge in [0.2, 0.25) is 0 Å². The molecule has 2 aliphatic rings. The molecule has 2 N–H and O–H groups in total. The van der Waals surface area contributed by atoms with Gasteiger partial charge < -0.3 is 20.3 Å². The Morgan fingerprint density at radius 3 is 2.66 bits per heavy atom. The lowest BCUT2D eigenvalue weighted by Gasteiger charge is -2.40. The maximum atomic E-state index is 12.9. The molecule has 8 nitrogen and oxygen atoms in total. The molecule has 0 spiro atoms. The van der Waals surface area contributed by atoms with E-state index < -0.39 is 0 Å². The largest absolute Gasteiger partial charge is 0.495 e. The monoisotopic (exact) mass is 499 g/mol. The first-order chi connectivity index (χ1) is 16.7. The standard InChI is InChI=1S/C26H34ClN5O3/c1-16-14-31(7-8-32(16)26(34)29-12-19-5-6-19)15-21-9-22(27)11-23(17(21)2)30-25(33)20-10-24(35-4)18(3)28-13-20/h9-11,13,16,19H,5-8,12,14-15H2,1-4H3,(H,29,34)(H,30,33)/t16-/m0/s1. The molecular formula is C26H34ClN5O3. The lowest BCUT2D eigenvalue weighted by Crippen LogP contribution is -2.56. The van der Waals surface area contributed by atoms with E-state index in [1.807, 2.05) is 24.8 Å². The van der Waals surface area contributed by atoms with Gasteiger partial charge in [0.15, 0.2) is 0 Å². The van der Waals surface area contributed by atoms with Crippen molar-refractivity contribution in [2.45, 2.75) is 46.2 Å². The third kappa shape index (κ3) is 6.24. The van der Waals surface area contributed by atoms with Crippen LogP contribution in [0.5, 0.6) is 5.75 Å². The maximum Gasteiger partial charge on any atom is 0.317 e. The fraction of sp³-hybridized carbons (Fsp3) is 0.500. The summed E-state index contributed by atoms with van der Waals surface area (Å²) in [4.78, 5) is 34.0. The van der Waals surface area contributed by atoms with E-state index in [1.54, 1.807) is 19.2 Å². The molecule has 1 aliphatic carbocycles. The van der Waals surface area contributed by atoms with Gasteiger partial charge in [-0.15, -0.1) is 0 Å². The summed E-state index contributed by atoms with van der Waals surface area (Å²) in [6.45, 7) is 9.62. The van der Waals surface area contributed by atoms with E-state index in [0.29, 0.717) is 41.0 Å². The van der Waals surface area contributed by atoms with Crippen LogP contribution in [0.4, 0.5) is 10.5 Å². The topological polar surface area (TPSA) is 86.8 Å². The number of hydrogen-bond acceptors (Lipinski definition) is 5. The van der Waals surface area contributed by atoms with Crippen molar-refractivity contribution >= 4 is 29.2 Å². The van der Waals surface area contributed by atoms with Crippen LogP contribution in [0.2, 0.25) is 5.02 Å². The zero-order valence-electron chi connectivity index (χ0n) is 20.9. The number of urea groups is 1. The number of rotatable bonds is 7. The number of carbonyl (C=O) groups is 2. The summed E-state index contributed by atoms with van der Waals surface area (Å²) in [6, 6.07) is 5.55. The summed E-state index contributed by atoms with van der Waals surface area (Å²) in [5.74, 6) is 0.961. The van der Waals surface area contributed by atoms with E-state index in [2.05, 4.69) is 27.4 Å². The Bertz CT molecular complexity index is 1100. The number of methoxy groups -OCH3 is 1. The molecular weight excluding hydrogens is 466 g/mol. The van der Waals surface area contributed by atoms with Crippen molar-refractivity contribution in [1.82, 2.24) is 20.1 Å². The molecule has 4 rings (SSSR count). The highest BCUT2D eigenvalue weighted by Gasteiger charge is 2.29. The van der Waals surface area contributed by atoms with Crippen LogP contribution >= 0.6 is 11.6 Å². The van der Waals surface area contributed by atoms with E-state index in [9.17, 15) is 9.59 Å². The molecule has 2 fully saturated rings. The molecule has 1 aliphatic heterocycles. The summed E-state index contributed by atoms with van der Waals surface area (Å²) >= 11 is 6.43. The summed E-state index contributed by atoms with van der Waals surface area (Å²) in [5, 5.41) is 6.61. The van der Waals surface area contributed by atoms with E-state index in [1.165, 1.54) is 19.0 Å². The van der Waals surface area contributed by atoms with Crippen LogP contribution in [0.25, 0.3) is 0 Å². The second-order valence-electron chi connectivity index (χ2n) is 9.61. The van der Waals surface area contributed by atoms with Gasteiger partial charge in [-0.2, -0.15) is 0 Å². The summed E-state index contributed by atoms with van der Waals surface area (Å²) in [6.07, 6.45) is 3.98. The predicted molar refractivity (Wildman–Crippen MR) is 137 cm³/mol. The van der Waals surface area contributed by atoms with E-state index in [4.69, 9.17) is 16.3 Å². The van der Waals surface area contributed by atoms with Gasteiger partial charge in [-0.05, 0) is 68.9 Å². The molecule has 9 heteroatoms. The third-order valence-electron chi connectivity index (χ3n) is 6.86. The van der Waals surface area contributed by atoms with Crippen molar-refractivity contribution < 1.29 is 14.3 Å². The minimum Gasteiger partial charge on any atom is -0.495 e. The molecule has 1 saturated heterocycles. The van der Waals surface area contributed by atoms with Gasteiger partial charge in [0, 0.05) is 55.7 Å². The Balaban J connectivity index is 1.40. The average molecular weight is 500 g/mol. The Kier molecular flexibility index (Phi) is 7.82. The van der Waals surface area contributed by atoms with Crippen molar-refractivity contribution in [2.75, 3.05) is 38.6 Å². The van der Waals surface area contributed by atoms with Gasteiger partial charge in [-0.1, -0.05) is 11.6 Å². The first-order valence-corrected chi connectivity index (χ1v) is 12.5. The number of nitrogens with zero attached hydrogens (tertiary/aromatic N) is 3. The number of benzene rings is 1. The van der Waals surface area contributed by atoms with Gasteiger partial charge in [0.05, 0.1) is 18.4 Å². The molecule has 1 atom stereocenters. The van der Waals surface area contributed by atoms with E-state index in [0.717, 1.165) is 36.5 Å². The smallest absolute Gasteiger partial charge is 0.317 e. The second kappa shape index (κ2) is 10.8. The molecule has 0 radical (unpaired) electrons. The number of piperazine rings is 1. The van der Waals surface area contributed by atoms with Crippen molar-refractivity contribution in [2.24, 2.45) is 5.92 Å². The molecule has 188 valence electrons. The quantitative estimate of drug-likeness (QED) is 0.595. The van der Waals surface area contributed by atoms with Crippen LogP contribution in [0.15, 0.2) is 24.4 Å². The zero-order chi connectivity index (χ0) is 25.1. The molecule has 0 unspecified atom stereocenters. The number of amides is 3. The van der Waals surface area contributed by atoms with Crippen LogP contribution in [-0.4, -0.2) is 66.1 Å². The normalized spacial score (nSPS) is 18.3. The Morgan fingerprint density at radius 2 is 1.97 bits per heavy atom. The number of nitrogens with one attached hydrogen (secondary N) is 2. The second-order valence-corrected chi connectivity index (χ2v) is 10.0. The Morgan fingerprint density at radius 1 is 1.20 bits per heavy atom. The number of aromatic nitrogens is 1. The van der Waals surface area contributed by atoms with Gasteiger partial charge in [-0.25, -0.2) is 4.79 Å². The van der Waals surface area contributed by atoms with Crippen molar-refractivity contribution in [3.05, 3.63) is 51.8 Å². The van der Waals surface area contributed by atoms with E-state index in [-0.39, 0.29) is 18.0 Å². The fourth-order valence-corrected chi connectivity index (χ4v) is 4.68. The van der Waals surface area contributed by atoms with Crippen LogP contribution in [-0.2, 0) is 6.54 Å². The van der Waals surface area contributed by atoms with Gasteiger partial charge in [0.25, 0.3) is 5.91 Å². The van der Waals surface area contributed by atoms with Crippen molar-refractivity contribution in [3.63, 3.8) is 0 Å². The number of pyridine rings is 1. The van der Waals surface area contributed by atoms with E-state index >= 15 is 0 Å². The first-order valence-electron chi connectivity index (χ1n) is 12.1. The molecule has 0 bridgehead atoms. The number of carbonyl (C=O) groups excluding carboxylic acids is 2. The zero-order valence-corrected chi connectivity index (χ0v) is 21.6. The predicted octanol–water partition coefficient (Wildman–Crippen LogP) is 4.24. The first kappa shape index (κ1) is 25.3. The molecule has 1 aromatic carbocycles. The highest BCUT2D eigenvalue weighted by atomic mass is 35.5. The third-order valence-corrected chi connectivity index (χ3v) is 7.07. The Labute approximate surface area is 212 Å². The minimum absolute atomic E-state index is 0.0372. The molecule has 1 saturated carbocycles. The molecule has 2 heterocycles. The summed E-state index contributed by atoms with van der Waals surface area (Å²) in [5.41, 5.74) is 3.82. The highest BCUT2D eigenvalue weighted by molar-refractivity contribution is 6.31. The lowest BCUT2D eigenvalue weighted by atomic mass is 10.0. The van der Waals surface area contributed by atoms with Gasteiger partial charge >= 0.3 is 6.03 Å².